The zero-order chi connectivity index (χ0) is 20.1. The van der Waals surface area contributed by atoms with E-state index in [4.69, 9.17) is 0 Å². The Balaban J connectivity index is 1.58. The van der Waals surface area contributed by atoms with Crippen LogP contribution in [0.5, 0.6) is 0 Å². The number of anilines is 1. The lowest BCUT2D eigenvalue weighted by Crippen LogP contribution is -2.49. The standard InChI is InChI=1S/C22H31N5O/c1-16(2)21(28)23-13-18-5-7-19(8-6-18)20-14-24-22(25-15-20)27-11-9-26(10-12-27)17(3)4/h5-8,14-17H,9-13H2,1-4H3,(H,23,28). The van der Waals surface area contributed by atoms with Gasteiger partial charge in [0, 0.05) is 62.6 Å². The van der Waals surface area contributed by atoms with Crippen molar-refractivity contribution in [1.29, 1.82) is 0 Å². The lowest BCUT2D eigenvalue weighted by Gasteiger charge is -2.36. The third-order valence-corrected chi connectivity index (χ3v) is 5.24. The van der Waals surface area contributed by atoms with Gasteiger partial charge in [-0.1, -0.05) is 38.1 Å². The maximum absolute atomic E-state index is 11.7. The van der Waals surface area contributed by atoms with Crippen molar-refractivity contribution in [2.75, 3.05) is 31.1 Å². The molecule has 6 heteroatoms. The molecule has 1 fully saturated rings. The van der Waals surface area contributed by atoms with E-state index in [1.54, 1.807) is 0 Å². The topological polar surface area (TPSA) is 61.4 Å². The smallest absolute Gasteiger partial charge is 0.225 e. The Kier molecular flexibility index (Phi) is 6.62. The Morgan fingerprint density at radius 2 is 1.57 bits per heavy atom. The first-order valence-corrected chi connectivity index (χ1v) is 10.1. The van der Waals surface area contributed by atoms with Gasteiger partial charge in [-0.3, -0.25) is 9.69 Å². The van der Waals surface area contributed by atoms with Gasteiger partial charge in [0.05, 0.1) is 0 Å². The van der Waals surface area contributed by atoms with Crippen LogP contribution in [0.25, 0.3) is 11.1 Å². The summed E-state index contributed by atoms with van der Waals surface area (Å²) in [7, 11) is 0. The zero-order valence-corrected chi connectivity index (χ0v) is 17.4. The van der Waals surface area contributed by atoms with E-state index < -0.39 is 0 Å². The molecule has 1 aromatic carbocycles. The second kappa shape index (κ2) is 9.15. The normalized spacial score (nSPS) is 15.3. The average molecular weight is 382 g/mol. The highest BCUT2D eigenvalue weighted by atomic mass is 16.1. The van der Waals surface area contributed by atoms with Gasteiger partial charge < -0.3 is 10.2 Å². The van der Waals surface area contributed by atoms with Crippen LogP contribution >= 0.6 is 0 Å². The van der Waals surface area contributed by atoms with E-state index in [1.807, 2.05) is 38.4 Å². The number of benzene rings is 1. The largest absolute Gasteiger partial charge is 0.352 e. The van der Waals surface area contributed by atoms with E-state index in [9.17, 15) is 4.79 Å². The highest BCUT2D eigenvalue weighted by Gasteiger charge is 2.20. The monoisotopic (exact) mass is 381 g/mol. The molecule has 1 aromatic heterocycles. The lowest BCUT2D eigenvalue weighted by atomic mass is 10.1. The molecule has 150 valence electrons. The van der Waals surface area contributed by atoms with Gasteiger partial charge in [0.15, 0.2) is 0 Å². The van der Waals surface area contributed by atoms with Crippen molar-refractivity contribution in [3.63, 3.8) is 0 Å². The van der Waals surface area contributed by atoms with Crippen molar-refractivity contribution < 1.29 is 4.79 Å². The van der Waals surface area contributed by atoms with Crippen LogP contribution in [0.1, 0.15) is 33.3 Å². The van der Waals surface area contributed by atoms with E-state index in [0.29, 0.717) is 12.6 Å². The third kappa shape index (κ3) is 5.07. The number of hydrogen-bond acceptors (Lipinski definition) is 5. The number of amides is 1. The highest BCUT2D eigenvalue weighted by molar-refractivity contribution is 5.77. The molecular formula is C22H31N5O. The van der Waals surface area contributed by atoms with Gasteiger partial charge >= 0.3 is 0 Å². The van der Waals surface area contributed by atoms with Crippen molar-refractivity contribution in [3.8, 4) is 11.1 Å². The van der Waals surface area contributed by atoms with Crippen molar-refractivity contribution >= 4 is 11.9 Å². The number of carbonyl (C=O) groups is 1. The number of carbonyl (C=O) groups excluding carboxylic acids is 1. The third-order valence-electron chi connectivity index (χ3n) is 5.24. The molecule has 1 aliphatic heterocycles. The number of nitrogens with zero attached hydrogens (tertiary/aromatic N) is 4. The molecule has 1 aliphatic rings. The number of piperazine rings is 1. The van der Waals surface area contributed by atoms with Gasteiger partial charge in [-0.05, 0) is 25.0 Å². The number of hydrogen-bond donors (Lipinski definition) is 1. The minimum absolute atomic E-state index is 0.00304. The molecule has 2 heterocycles. The molecule has 0 bridgehead atoms. The molecule has 0 spiro atoms. The summed E-state index contributed by atoms with van der Waals surface area (Å²) in [6.07, 6.45) is 3.79. The lowest BCUT2D eigenvalue weighted by molar-refractivity contribution is -0.124. The summed E-state index contributed by atoms with van der Waals surface area (Å²) in [5.41, 5.74) is 3.16. The summed E-state index contributed by atoms with van der Waals surface area (Å²) in [6, 6.07) is 8.77. The molecule has 6 nitrogen and oxygen atoms in total. The average Bonchev–Trinajstić information content (AvgIpc) is 2.72. The molecule has 0 aliphatic carbocycles. The molecule has 3 rings (SSSR count). The molecule has 0 saturated carbocycles. The maximum atomic E-state index is 11.7. The fourth-order valence-electron chi connectivity index (χ4n) is 3.28. The first-order chi connectivity index (χ1) is 13.4. The van der Waals surface area contributed by atoms with Crippen LogP contribution in [0.2, 0.25) is 0 Å². The van der Waals surface area contributed by atoms with Crippen molar-refractivity contribution in [1.82, 2.24) is 20.2 Å². The van der Waals surface area contributed by atoms with Crippen LogP contribution in [0.3, 0.4) is 0 Å². The molecule has 1 N–H and O–H groups in total. The number of aromatic nitrogens is 2. The summed E-state index contributed by atoms with van der Waals surface area (Å²) in [5, 5.41) is 2.94. The van der Waals surface area contributed by atoms with E-state index in [0.717, 1.165) is 48.8 Å². The Bertz CT molecular complexity index is 763. The molecule has 0 atom stereocenters. The number of nitrogens with one attached hydrogen (secondary N) is 1. The molecule has 0 unspecified atom stereocenters. The second-order valence-corrected chi connectivity index (χ2v) is 7.96. The van der Waals surface area contributed by atoms with Crippen molar-refractivity contribution in [2.45, 2.75) is 40.3 Å². The van der Waals surface area contributed by atoms with Crippen LogP contribution in [0, 0.1) is 5.92 Å². The minimum atomic E-state index is 0.00304. The maximum Gasteiger partial charge on any atom is 0.225 e. The van der Waals surface area contributed by atoms with E-state index in [2.05, 4.69) is 51.1 Å². The molecule has 2 aromatic rings. The molecule has 1 amide bonds. The predicted molar refractivity (Wildman–Crippen MR) is 113 cm³/mol. The van der Waals surface area contributed by atoms with Gasteiger partial charge in [0.2, 0.25) is 11.9 Å². The van der Waals surface area contributed by atoms with E-state index in [-0.39, 0.29) is 11.8 Å². The number of rotatable bonds is 6. The fraction of sp³-hybridized carbons (Fsp3) is 0.500. The molecular weight excluding hydrogens is 350 g/mol. The van der Waals surface area contributed by atoms with Crippen molar-refractivity contribution in [3.05, 3.63) is 42.2 Å². The van der Waals surface area contributed by atoms with Gasteiger partial charge in [-0.25, -0.2) is 9.97 Å². The second-order valence-electron chi connectivity index (χ2n) is 7.96. The van der Waals surface area contributed by atoms with E-state index in [1.165, 1.54) is 0 Å². The van der Waals surface area contributed by atoms with Gasteiger partial charge in [-0.2, -0.15) is 0 Å². The highest BCUT2D eigenvalue weighted by Crippen LogP contribution is 2.20. The SMILES string of the molecule is CC(C)C(=O)NCc1ccc(-c2cnc(N3CCN(C(C)C)CC3)nc2)cc1. The first kappa shape index (κ1) is 20.3. The Hall–Kier alpha value is -2.47. The fourth-order valence-corrected chi connectivity index (χ4v) is 3.28. The summed E-state index contributed by atoms with van der Waals surface area (Å²) in [6.45, 7) is 12.9. The minimum Gasteiger partial charge on any atom is -0.352 e. The van der Waals surface area contributed by atoms with Gasteiger partial charge in [0.25, 0.3) is 0 Å². The predicted octanol–water partition coefficient (Wildman–Crippen LogP) is 2.95. The van der Waals surface area contributed by atoms with Crippen LogP contribution in [-0.2, 0) is 11.3 Å². The molecule has 0 radical (unpaired) electrons. The summed E-state index contributed by atoms with van der Waals surface area (Å²) in [4.78, 5) is 25.6. The summed E-state index contributed by atoms with van der Waals surface area (Å²) in [5.74, 6) is 0.880. The van der Waals surface area contributed by atoms with Gasteiger partial charge in [0.1, 0.15) is 0 Å². The molecule has 28 heavy (non-hydrogen) atoms. The first-order valence-electron chi connectivity index (χ1n) is 10.1. The summed E-state index contributed by atoms with van der Waals surface area (Å²) < 4.78 is 0. The summed E-state index contributed by atoms with van der Waals surface area (Å²) >= 11 is 0. The Labute approximate surface area is 168 Å². The van der Waals surface area contributed by atoms with Crippen LogP contribution in [-0.4, -0.2) is 53.0 Å². The quantitative estimate of drug-likeness (QED) is 0.834. The van der Waals surface area contributed by atoms with Crippen molar-refractivity contribution in [2.24, 2.45) is 5.92 Å². The Morgan fingerprint density at radius 1 is 0.964 bits per heavy atom. The van der Waals surface area contributed by atoms with E-state index >= 15 is 0 Å². The zero-order valence-electron chi connectivity index (χ0n) is 17.4. The van der Waals surface area contributed by atoms with Gasteiger partial charge in [-0.15, -0.1) is 0 Å². The van der Waals surface area contributed by atoms with Crippen LogP contribution in [0.15, 0.2) is 36.7 Å². The Morgan fingerprint density at radius 3 is 2.11 bits per heavy atom. The van der Waals surface area contributed by atoms with Crippen LogP contribution in [0.4, 0.5) is 5.95 Å². The molecule has 1 saturated heterocycles. The van der Waals surface area contributed by atoms with Crippen LogP contribution < -0.4 is 10.2 Å².